The SMILES string of the molecule is CC(C)(C)OC(=O)N1CCC(CS(=O)(=O)c2nccs2)C1. The molecule has 1 fully saturated rings. The first-order valence-corrected chi connectivity index (χ1v) is 9.31. The minimum atomic E-state index is -3.36. The first-order chi connectivity index (χ1) is 9.67. The number of likely N-dealkylation sites (tertiary alicyclic amines) is 1. The lowest BCUT2D eigenvalue weighted by Crippen LogP contribution is -2.35. The fraction of sp³-hybridized carbons (Fsp3) is 0.692. The Hall–Kier alpha value is -1.15. The standard InChI is InChI=1S/C13H20N2O4S2/c1-13(2,3)19-12(16)15-6-4-10(8-15)9-21(17,18)11-14-5-7-20-11/h5,7,10H,4,6,8-9H2,1-3H3. The van der Waals surface area contributed by atoms with Crippen LogP contribution < -0.4 is 0 Å². The number of aromatic nitrogens is 1. The molecule has 1 unspecified atom stereocenters. The van der Waals surface area contributed by atoms with Gasteiger partial charge in [-0.15, -0.1) is 11.3 Å². The predicted octanol–water partition coefficient (Wildman–Crippen LogP) is 2.17. The van der Waals surface area contributed by atoms with E-state index in [0.29, 0.717) is 19.5 Å². The van der Waals surface area contributed by atoms with Gasteiger partial charge in [0.2, 0.25) is 14.2 Å². The van der Waals surface area contributed by atoms with Crippen molar-refractivity contribution >= 4 is 27.3 Å². The maximum absolute atomic E-state index is 12.2. The molecule has 1 aliphatic heterocycles. The highest BCUT2D eigenvalue weighted by Gasteiger charge is 2.33. The molecule has 0 spiro atoms. The Morgan fingerprint density at radius 3 is 2.81 bits per heavy atom. The maximum atomic E-state index is 12.2. The van der Waals surface area contributed by atoms with Gasteiger partial charge >= 0.3 is 6.09 Å². The van der Waals surface area contributed by atoms with E-state index in [1.165, 1.54) is 6.20 Å². The molecule has 1 amide bonds. The molecule has 1 atom stereocenters. The molecule has 0 aromatic carbocycles. The molecule has 6 nitrogen and oxygen atoms in total. The van der Waals surface area contributed by atoms with Crippen molar-refractivity contribution in [1.82, 2.24) is 9.88 Å². The van der Waals surface area contributed by atoms with E-state index in [-0.39, 0.29) is 22.1 Å². The highest BCUT2D eigenvalue weighted by Crippen LogP contribution is 2.24. The van der Waals surface area contributed by atoms with Crippen molar-refractivity contribution in [3.05, 3.63) is 11.6 Å². The van der Waals surface area contributed by atoms with E-state index >= 15 is 0 Å². The lowest BCUT2D eigenvalue weighted by atomic mass is 10.2. The van der Waals surface area contributed by atoms with Crippen LogP contribution in [0.15, 0.2) is 15.9 Å². The molecule has 0 aliphatic carbocycles. The number of hydrogen-bond donors (Lipinski definition) is 0. The summed E-state index contributed by atoms with van der Waals surface area (Å²) in [6.45, 7) is 6.38. The van der Waals surface area contributed by atoms with Crippen LogP contribution in [0.4, 0.5) is 4.79 Å². The molecular formula is C13H20N2O4S2. The van der Waals surface area contributed by atoms with Crippen LogP contribution in [0.5, 0.6) is 0 Å². The third kappa shape index (κ3) is 4.41. The van der Waals surface area contributed by atoms with Gasteiger partial charge in [-0.05, 0) is 33.1 Å². The molecule has 0 bridgehead atoms. The summed E-state index contributed by atoms with van der Waals surface area (Å²) >= 11 is 1.12. The summed E-state index contributed by atoms with van der Waals surface area (Å²) in [6, 6.07) is 0. The van der Waals surface area contributed by atoms with Gasteiger partial charge in [0.25, 0.3) is 0 Å². The minimum Gasteiger partial charge on any atom is -0.444 e. The van der Waals surface area contributed by atoms with E-state index < -0.39 is 15.4 Å². The summed E-state index contributed by atoms with van der Waals surface area (Å²) in [6.07, 6.45) is 1.78. The van der Waals surface area contributed by atoms with Gasteiger partial charge in [-0.25, -0.2) is 18.2 Å². The van der Waals surface area contributed by atoms with E-state index in [2.05, 4.69) is 4.98 Å². The van der Waals surface area contributed by atoms with Crippen molar-refractivity contribution in [2.45, 2.75) is 37.1 Å². The number of hydrogen-bond acceptors (Lipinski definition) is 6. The Kier molecular flexibility index (Phi) is 4.57. The van der Waals surface area contributed by atoms with Gasteiger partial charge in [-0.3, -0.25) is 0 Å². The summed E-state index contributed by atoms with van der Waals surface area (Å²) in [5.41, 5.74) is -0.540. The lowest BCUT2D eigenvalue weighted by Gasteiger charge is -2.24. The van der Waals surface area contributed by atoms with E-state index in [4.69, 9.17) is 4.74 Å². The van der Waals surface area contributed by atoms with Crippen LogP contribution in [0.2, 0.25) is 0 Å². The topological polar surface area (TPSA) is 76.6 Å². The lowest BCUT2D eigenvalue weighted by molar-refractivity contribution is 0.0289. The van der Waals surface area contributed by atoms with Crippen LogP contribution in [0.3, 0.4) is 0 Å². The summed E-state index contributed by atoms with van der Waals surface area (Å²) in [5, 5.41) is 1.65. The van der Waals surface area contributed by atoms with E-state index in [1.807, 2.05) is 20.8 Å². The molecule has 1 aromatic rings. The zero-order chi connectivity index (χ0) is 15.7. The first-order valence-electron chi connectivity index (χ1n) is 6.77. The number of ether oxygens (including phenoxy) is 1. The first kappa shape index (κ1) is 16.2. The van der Waals surface area contributed by atoms with Gasteiger partial charge in [-0.2, -0.15) is 0 Å². The van der Waals surface area contributed by atoms with Crippen molar-refractivity contribution in [2.75, 3.05) is 18.8 Å². The smallest absolute Gasteiger partial charge is 0.410 e. The molecule has 0 N–H and O–H groups in total. The van der Waals surface area contributed by atoms with Gasteiger partial charge < -0.3 is 9.64 Å². The van der Waals surface area contributed by atoms with E-state index in [1.54, 1.807) is 10.3 Å². The second-order valence-corrected chi connectivity index (χ2v) is 9.26. The van der Waals surface area contributed by atoms with Crippen LogP contribution in [0.1, 0.15) is 27.2 Å². The second-order valence-electron chi connectivity index (χ2n) is 6.16. The van der Waals surface area contributed by atoms with Gasteiger partial charge in [-0.1, -0.05) is 0 Å². The summed E-state index contributed by atoms with van der Waals surface area (Å²) in [5.74, 6) is -0.0359. The van der Waals surface area contributed by atoms with Crippen LogP contribution in [0.25, 0.3) is 0 Å². The van der Waals surface area contributed by atoms with E-state index in [9.17, 15) is 13.2 Å². The zero-order valence-corrected chi connectivity index (χ0v) is 14.0. The van der Waals surface area contributed by atoms with Gasteiger partial charge in [0, 0.05) is 24.7 Å². The Bertz CT molecular complexity index is 590. The normalized spacial score (nSPS) is 19.8. The molecule has 1 aromatic heterocycles. The fourth-order valence-corrected chi connectivity index (χ4v) is 4.78. The summed E-state index contributed by atoms with van der Waals surface area (Å²) in [4.78, 5) is 17.4. The molecule has 0 saturated carbocycles. The molecular weight excluding hydrogens is 312 g/mol. The number of amides is 1. The Labute approximate surface area is 129 Å². The number of carbonyl (C=O) groups excluding carboxylic acids is 1. The quantitative estimate of drug-likeness (QED) is 0.848. The number of sulfone groups is 1. The largest absolute Gasteiger partial charge is 0.444 e. The third-order valence-electron chi connectivity index (χ3n) is 3.07. The van der Waals surface area contributed by atoms with Crippen molar-refractivity contribution in [2.24, 2.45) is 5.92 Å². The highest BCUT2D eigenvalue weighted by atomic mass is 32.2. The van der Waals surface area contributed by atoms with E-state index in [0.717, 1.165) is 11.3 Å². The average molecular weight is 332 g/mol. The van der Waals surface area contributed by atoms with Gasteiger partial charge in [0.05, 0.1) is 5.75 Å². The number of nitrogens with zero attached hydrogens (tertiary/aromatic N) is 2. The molecule has 8 heteroatoms. The molecule has 1 aliphatic rings. The molecule has 2 heterocycles. The van der Waals surface area contributed by atoms with Crippen LogP contribution >= 0.6 is 11.3 Å². The number of carbonyl (C=O) groups is 1. The molecule has 2 rings (SSSR count). The van der Waals surface area contributed by atoms with Crippen molar-refractivity contribution in [3.63, 3.8) is 0 Å². The van der Waals surface area contributed by atoms with Crippen molar-refractivity contribution in [3.8, 4) is 0 Å². The molecule has 1 saturated heterocycles. The monoisotopic (exact) mass is 332 g/mol. The van der Waals surface area contributed by atoms with Gasteiger partial charge in [0.15, 0.2) is 0 Å². The van der Waals surface area contributed by atoms with Crippen LogP contribution in [0, 0.1) is 5.92 Å². The zero-order valence-electron chi connectivity index (χ0n) is 12.4. The minimum absolute atomic E-state index is 0.0276. The second kappa shape index (κ2) is 5.92. The maximum Gasteiger partial charge on any atom is 0.410 e. The van der Waals surface area contributed by atoms with Crippen LogP contribution in [-0.4, -0.2) is 48.8 Å². The molecule has 118 valence electrons. The Balaban J connectivity index is 1.93. The Morgan fingerprint density at radius 2 is 2.24 bits per heavy atom. The van der Waals surface area contributed by atoms with Crippen molar-refractivity contribution in [1.29, 1.82) is 0 Å². The molecule has 0 radical (unpaired) electrons. The third-order valence-corrected chi connectivity index (χ3v) is 6.23. The fourth-order valence-electron chi connectivity index (χ4n) is 2.21. The van der Waals surface area contributed by atoms with Crippen molar-refractivity contribution < 1.29 is 17.9 Å². The van der Waals surface area contributed by atoms with Crippen LogP contribution in [-0.2, 0) is 14.6 Å². The average Bonchev–Trinajstić information content (AvgIpc) is 2.95. The number of thiazole rings is 1. The molecule has 21 heavy (non-hydrogen) atoms. The summed E-state index contributed by atoms with van der Waals surface area (Å²) < 4.78 is 29.8. The predicted molar refractivity (Wildman–Crippen MR) is 80.1 cm³/mol. The summed E-state index contributed by atoms with van der Waals surface area (Å²) in [7, 11) is -3.36. The Morgan fingerprint density at radius 1 is 1.52 bits per heavy atom. The number of rotatable bonds is 3. The van der Waals surface area contributed by atoms with Gasteiger partial charge in [0.1, 0.15) is 5.60 Å². The highest BCUT2D eigenvalue weighted by molar-refractivity contribution is 7.93.